The Labute approximate surface area is 103 Å². The highest BCUT2D eigenvalue weighted by atomic mass is 16.5. The molecule has 1 fully saturated rings. The maximum atomic E-state index is 4.98. The maximum Gasteiger partial charge on any atom is 0.227 e. The smallest absolute Gasteiger partial charge is 0.227 e. The Kier molecular flexibility index (Phi) is 4.98. The maximum absolute atomic E-state index is 4.98. The zero-order chi connectivity index (χ0) is 11.9. The molecule has 0 bridgehead atoms. The second kappa shape index (κ2) is 6.74. The van der Waals surface area contributed by atoms with Crippen molar-refractivity contribution < 1.29 is 4.52 Å². The van der Waals surface area contributed by atoms with Gasteiger partial charge in [0, 0.05) is 19.0 Å². The minimum Gasteiger partial charge on any atom is -0.340 e. The van der Waals surface area contributed by atoms with Crippen LogP contribution in [0.15, 0.2) is 10.9 Å². The van der Waals surface area contributed by atoms with Crippen molar-refractivity contribution in [3.05, 3.63) is 12.2 Å². The van der Waals surface area contributed by atoms with Crippen LogP contribution in [0.25, 0.3) is 0 Å². The minimum atomic E-state index is 0.689. The summed E-state index contributed by atoms with van der Waals surface area (Å²) in [5.74, 6) is 1.69. The minimum absolute atomic E-state index is 0.689. The Morgan fingerprint density at radius 3 is 3.06 bits per heavy atom. The molecular formula is C13H23N3O. The first kappa shape index (κ1) is 12.6. The van der Waals surface area contributed by atoms with Crippen molar-refractivity contribution in [1.29, 1.82) is 0 Å². The summed E-state index contributed by atoms with van der Waals surface area (Å²) in [7, 11) is 0. The third kappa shape index (κ3) is 4.11. The van der Waals surface area contributed by atoms with Gasteiger partial charge in [-0.25, -0.2) is 0 Å². The van der Waals surface area contributed by atoms with E-state index in [-0.39, 0.29) is 0 Å². The van der Waals surface area contributed by atoms with Gasteiger partial charge in [0.05, 0.1) is 0 Å². The topological polar surface area (TPSA) is 51.0 Å². The number of aromatic nitrogens is 2. The van der Waals surface area contributed by atoms with Crippen LogP contribution in [0.2, 0.25) is 0 Å². The zero-order valence-corrected chi connectivity index (χ0v) is 10.7. The summed E-state index contributed by atoms with van der Waals surface area (Å²) in [5, 5.41) is 7.23. The van der Waals surface area contributed by atoms with E-state index < -0.39 is 0 Å². The lowest BCUT2D eigenvalue weighted by molar-refractivity contribution is 0.367. The predicted octanol–water partition coefficient (Wildman–Crippen LogP) is 2.56. The van der Waals surface area contributed by atoms with Crippen molar-refractivity contribution in [1.82, 2.24) is 15.5 Å². The molecule has 1 aliphatic rings. The Hall–Kier alpha value is -0.900. The van der Waals surface area contributed by atoms with E-state index in [1.807, 2.05) is 0 Å². The van der Waals surface area contributed by atoms with E-state index >= 15 is 0 Å². The third-order valence-electron chi connectivity index (χ3n) is 3.84. The first-order chi connectivity index (χ1) is 8.38. The van der Waals surface area contributed by atoms with E-state index in [0.717, 1.165) is 24.8 Å². The van der Waals surface area contributed by atoms with Crippen molar-refractivity contribution in [2.75, 3.05) is 6.54 Å². The molecule has 4 heteroatoms. The molecule has 0 radical (unpaired) electrons. The second-order valence-electron chi connectivity index (χ2n) is 5.02. The highest BCUT2D eigenvalue weighted by Crippen LogP contribution is 2.25. The normalized spacial score (nSPS) is 25.7. The van der Waals surface area contributed by atoms with Crippen LogP contribution in [-0.4, -0.2) is 22.7 Å². The van der Waals surface area contributed by atoms with Crippen LogP contribution in [0, 0.1) is 5.92 Å². The van der Waals surface area contributed by atoms with Crippen molar-refractivity contribution in [3.63, 3.8) is 0 Å². The molecule has 1 aromatic heterocycles. The SMILES string of the molecule is CCC1CCCC(NCCc2ncno2)CC1. The molecule has 0 aliphatic heterocycles. The predicted molar refractivity (Wildman–Crippen MR) is 66.7 cm³/mol. The highest BCUT2D eigenvalue weighted by molar-refractivity contribution is 4.79. The molecule has 2 unspecified atom stereocenters. The van der Waals surface area contributed by atoms with Crippen molar-refractivity contribution >= 4 is 0 Å². The van der Waals surface area contributed by atoms with Crippen molar-refractivity contribution in [3.8, 4) is 0 Å². The van der Waals surface area contributed by atoms with Crippen LogP contribution in [0.4, 0.5) is 0 Å². The molecule has 17 heavy (non-hydrogen) atoms. The van der Waals surface area contributed by atoms with Gasteiger partial charge in [0.2, 0.25) is 5.89 Å². The molecule has 1 heterocycles. The van der Waals surface area contributed by atoms with Crippen molar-refractivity contribution in [2.45, 2.75) is 57.9 Å². The summed E-state index contributed by atoms with van der Waals surface area (Å²) in [4.78, 5) is 4.02. The third-order valence-corrected chi connectivity index (χ3v) is 3.84. The van der Waals surface area contributed by atoms with Gasteiger partial charge in [-0.05, 0) is 25.2 Å². The van der Waals surface area contributed by atoms with E-state index in [2.05, 4.69) is 22.4 Å². The molecule has 96 valence electrons. The molecule has 1 saturated carbocycles. The first-order valence-electron chi connectivity index (χ1n) is 6.87. The highest BCUT2D eigenvalue weighted by Gasteiger charge is 2.17. The molecule has 2 rings (SSSR count). The van der Waals surface area contributed by atoms with E-state index in [1.165, 1.54) is 44.9 Å². The Morgan fingerprint density at radius 1 is 1.35 bits per heavy atom. The summed E-state index contributed by atoms with van der Waals surface area (Å²) >= 11 is 0. The molecule has 0 spiro atoms. The van der Waals surface area contributed by atoms with Crippen LogP contribution in [0.1, 0.15) is 51.3 Å². The lowest BCUT2D eigenvalue weighted by Crippen LogP contribution is -2.30. The summed E-state index contributed by atoms with van der Waals surface area (Å²) in [6, 6.07) is 0.689. The zero-order valence-electron chi connectivity index (χ0n) is 10.7. The summed E-state index contributed by atoms with van der Waals surface area (Å²) < 4.78 is 4.98. The fraction of sp³-hybridized carbons (Fsp3) is 0.846. The number of hydrogen-bond acceptors (Lipinski definition) is 4. The number of nitrogens with one attached hydrogen (secondary N) is 1. The van der Waals surface area contributed by atoms with Crippen molar-refractivity contribution in [2.24, 2.45) is 5.92 Å². The molecule has 1 N–H and O–H groups in total. The van der Waals surface area contributed by atoms with E-state index in [9.17, 15) is 0 Å². The first-order valence-corrected chi connectivity index (χ1v) is 6.87. The van der Waals surface area contributed by atoms with Gasteiger partial charge < -0.3 is 9.84 Å². The molecule has 0 amide bonds. The Morgan fingerprint density at radius 2 is 2.29 bits per heavy atom. The van der Waals surface area contributed by atoms with Gasteiger partial charge in [-0.1, -0.05) is 31.3 Å². The Bertz CT molecular complexity index is 300. The van der Waals surface area contributed by atoms with Gasteiger partial charge >= 0.3 is 0 Å². The molecular weight excluding hydrogens is 214 g/mol. The van der Waals surface area contributed by atoms with Gasteiger partial charge in [0.25, 0.3) is 0 Å². The molecule has 1 aliphatic carbocycles. The number of nitrogens with zero attached hydrogens (tertiary/aromatic N) is 2. The van der Waals surface area contributed by atoms with Gasteiger partial charge in [-0.2, -0.15) is 4.98 Å². The van der Waals surface area contributed by atoms with E-state index in [4.69, 9.17) is 4.52 Å². The largest absolute Gasteiger partial charge is 0.340 e. The van der Waals surface area contributed by atoms with Crippen LogP contribution in [-0.2, 0) is 6.42 Å². The van der Waals surface area contributed by atoms with E-state index in [1.54, 1.807) is 0 Å². The van der Waals surface area contributed by atoms with Gasteiger partial charge in [-0.3, -0.25) is 0 Å². The van der Waals surface area contributed by atoms with E-state index in [0.29, 0.717) is 6.04 Å². The molecule has 1 aromatic rings. The van der Waals surface area contributed by atoms with Gasteiger partial charge in [0.15, 0.2) is 6.33 Å². The van der Waals surface area contributed by atoms with Crippen LogP contribution in [0.3, 0.4) is 0 Å². The number of hydrogen-bond donors (Lipinski definition) is 1. The molecule has 4 nitrogen and oxygen atoms in total. The molecule has 0 aromatic carbocycles. The molecule has 0 saturated heterocycles. The van der Waals surface area contributed by atoms with Crippen LogP contribution >= 0.6 is 0 Å². The summed E-state index contributed by atoms with van der Waals surface area (Å²) in [6.45, 7) is 3.26. The van der Waals surface area contributed by atoms with Gasteiger partial charge in [-0.15, -0.1) is 0 Å². The second-order valence-corrected chi connectivity index (χ2v) is 5.02. The summed E-state index contributed by atoms with van der Waals surface area (Å²) in [6.07, 6.45) is 10.5. The lowest BCUT2D eigenvalue weighted by atomic mass is 9.98. The van der Waals surface area contributed by atoms with Crippen LogP contribution < -0.4 is 5.32 Å². The lowest BCUT2D eigenvalue weighted by Gasteiger charge is -2.15. The summed E-state index contributed by atoms with van der Waals surface area (Å²) in [5.41, 5.74) is 0. The fourth-order valence-electron chi connectivity index (χ4n) is 2.68. The van der Waals surface area contributed by atoms with Gasteiger partial charge in [0.1, 0.15) is 0 Å². The van der Waals surface area contributed by atoms with Crippen LogP contribution in [0.5, 0.6) is 0 Å². The molecule has 2 atom stereocenters. The monoisotopic (exact) mass is 237 g/mol. The number of rotatable bonds is 5. The average Bonchev–Trinajstić information content (AvgIpc) is 2.75. The quantitative estimate of drug-likeness (QED) is 0.800. The average molecular weight is 237 g/mol. The Balaban J connectivity index is 1.65. The fourth-order valence-corrected chi connectivity index (χ4v) is 2.68. The standard InChI is InChI=1S/C13H23N3O/c1-2-11-4-3-5-12(7-6-11)14-9-8-13-15-10-16-17-13/h10-12,14H,2-9H2,1H3.